The van der Waals surface area contributed by atoms with Gasteiger partial charge in [0.2, 0.25) is 0 Å². The predicted octanol–water partition coefficient (Wildman–Crippen LogP) is 4.25. The lowest BCUT2D eigenvalue weighted by atomic mass is 9.94. The van der Waals surface area contributed by atoms with Crippen molar-refractivity contribution in [1.29, 1.82) is 0 Å². The standard InChI is InChI=1S/C22H27N5O.2ClH/c1-14(2)27-21-18(12-24-27)17(11-19(25-21)16-7-5-4-6-8-16)22(28)26-20-13-23-10-9-15(20)3;;/h4-8,11-12,14-15,20,23H,9-10,13H2,1-3H3,(H,26,28);2*1H. The van der Waals surface area contributed by atoms with Crippen molar-refractivity contribution in [2.75, 3.05) is 13.1 Å². The number of aromatic nitrogens is 3. The molecule has 4 rings (SSSR count). The van der Waals surface area contributed by atoms with Gasteiger partial charge in [-0.1, -0.05) is 37.3 Å². The van der Waals surface area contributed by atoms with Gasteiger partial charge in [-0.15, -0.1) is 24.8 Å². The lowest BCUT2D eigenvalue weighted by Gasteiger charge is -2.30. The van der Waals surface area contributed by atoms with E-state index in [1.807, 2.05) is 41.1 Å². The highest BCUT2D eigenvalue weighted by molar-refractivity contribution is 6.06. The molecule has 0 spiro atoms. The van der Waals surface area contributed by atoms with Crippen LogP contribution in [0, 0.1) is 5.92 Å². The van der Waals surface area contributed by atoms with Gasteiger partial charge in [-0.3, -0.25) is 4.79 Å². The van der Waals surface area contributed by atoms with Crippen LogP contribution >= 0.6 is 24.8 Å². The smallest absolute Gasteiger partial charge is 0.252 e. The number of fused-ring (bicyclic) bond motifs is 1. The summed E-state index contributed by atoms with van der Waals surface area (Å²) >= 11 is 0. The monoisotopic (exact) mass is 449 g/mol. The first-order valence-electron chi connectivity index (χ1n) is 10.00. The van der Waals surface area contributed by atoms with E-state index in [4.69, 9.17) is 4.98 Å². The second-order valence-electron chi connectivity index (χ2n) is 7.89. The molecule has 2 unspecified atom stereocenters. The first kappa shape index (κ1) is 24.1. The van der Waals surface area contributed by atoms with Crippen LogP contribution in [0.3, 0.4) is 0 Å². The van der Waals surface area contributed by atoms with E-state index in [-0.39, 0.29) is 42.8 Å². The Hall–Kier alpha value is -2.15. The van der Waals surface area contributed by atoms with Gasteiger partial charge in [0, 0.05) is 24.2 Å². The van der Waals surface area contributed by atoms with E-state index in [0.29, 0.717) is 11.5 Å². The van der Waals surface area contributed by atoms with E-state index >= 15 is 0 Å². The van der Waals surface area contributed by atoms with Gasteiger partial charge >= 0.3 is 0 Å². The molecule has 1 fully saturated rings. The van der Waals surface area contributed by atoms with Gasteiger partial charge in [-0.05, 0) is 38.8 Å². The van der Waals surface area contributed by atoms with Crippen molar-refractivity contribution in [3.63, 3.8) is 0 Å². The van der Waals surface area contributed by atoms with Crippen LogP contribution in [0.15, 0.2) is 42.6 Å². The second kappa shape index (κ2) is 10.2. The Bertz CT molecular complexity index is 990. The zero-order valence-corrected chi connectivity index (χ0v) is 19.1. The van der Waals surface area contributed by atoms with Gasteiger partial charge in [-0.25, -0.2) is 9.67 Å². The maximum absolute atomic E-state index is 13.2. The summed E-state index contributed by atoms with van der Waals surface area (Å²) in [5.74, 6) is 0.392. The molecule has 162 valence electrons. The van der Waals surface area contributed by atoms with Crippen LogP contribution in [0.2, 0.25) is 0 Å². The maximum Gasteiger partial charge on any atom is 0.252 e. The van der Waals surface area contributed by atoms with E-state index in [0.717, 1.165) is 41.8 Å². The van der Waals surface area contributed by atoms with Gasteiger partial charge in [-0.2, -0.15) is 5.10 Å². The van der Waals surface area contributed by atoms with E-state index in [1.54, 1.807) is 6.20 Å². The molecule has 6 nitrogen and oxygen atoms in total. The minimum atomic E-state index is -0.0616. The molecule has 0 saturated carbocycles. The Morgan fingerprint density at radius 2 is 1.97 bits per heavy atom. The fraction of sp³-hybridized carbons (Fsp3) is 0.409. The summed E-state index contributed by atoms with van der Waals surface area (Å²) in [7, 11) is 0. The van der Waals surface area contributed by atoms with Crippen molar-refractivity contribution in [3.8, 4) is 11.3 Å². The Labute approximate surface area is 189 Å². The van der Waals surface area contributed by atoms with E-state index in [9.17, 15) is 4.79 Å². The van der Waals surface area contributed by atoms with Crippen LogP contribution in [0.25, 0.3) is 22.3 Å². The molecule has 2 aromatic heterocycles. The molecule has 3 aromatic rings. The Kier molecular flexibility index (Phi) is 8.24. The quantitative estimate of drug-likeness (QED) is 0.624. The minimum absolute atomic E-state index is 0. The summed E-state index contributed by atoms with van der Waals surface area (Å²) in [5, 5.41) is 11.9. The van der Waals surface area contributed by atoms with Crippen LogP contribution in [-0.4, -0.2) is 39.8 Å². The second-order valence-corrected chi connectivity index (χ2v) is 7.89. The predicted molar refractivity (Wildman–Crippen MR) is 126 cm³/mol. The zero-order valence-electron chi connectivity index (χ0n) is 17.5. The number of hydrogen-bond acceptors (Lipinski definition) is 4. The third-order valence-electron chi connectivity index (χ3n) is 5.51. The minimum Gasteiger partial charge on any atom is -0.348 e. The number of carbonyl (C=O) groups is 1. The maximum atomic E-state index is 13.2. The van der Waals surface area contributed by atoms with Crippen molar-refractivity contribution in [2.24, 2.45) is 5.92 Å². The van der Waals surface area contributed by atoms with Crippen molar-refractivity contribution >= 4 is 41.8 Å². The number of piperidine rings is 1. The molecule has 1 aliphatic rings. The van der Waals surface area contributed by atoms with Crippen molar-refractivity contribution in [1.82, 2.24) is 25.4 Å². The topological polar surface area (TPSA) is 71.8 Å². The number of nitrogens with zero attached hydrogens (tertiary/aromatic N) is 3. The van der Waals surface area contributed by atoms with Crippen molar-refractivity contribution in [2.45, 2.75) is 39.3 Å². The van der Waals surface area contributed by atoms with Crippen LogP contribution < -0.4 is 10.6 Å². The van der Waals surface area contributed by atoms with Crippen LogP contribution in [0.5, 0.6) is 0 Å². The molecule has 1 saturated heterocycles. The molecule has 0 aliphatic carbocycles. The largest absolute Gasteiger partial charge is 0.348 e. The molecule has 1 aliphatic heterocycles. The lowest BCUT2D eigenvalue weighted by Crippen LogP contribution is -2.50. The molecule has 2 N–H and O–H groups in total. The first-order chi connectivity index (χ1) is 13.5. The normalized spacial score (nSPS) is 18.5. The number of halogens is 2. The highest BCUT2D eigenvalue weighted by Crippen LogP contribution is 2.26. The van der Waals surface area contributed by atoms with Gasteiger partial charge in [0.25, 0.3) is 5.91 Å². The Balaban J connectivity index is 0.00000160. The van der Waals surface area contributed by atoms with Crippen molar-refractivity contribution < 1.29 is 4.79 Å². The fourth-order valence-corrected chi connectivity index (χ4v) is 3.77. The molecule has 2 atom stereocenters. The first-order valence-corrected chi connectivity index (χ1v) is 10.00. The SMILES string of the molecule is CC1CCNCC1NC(=O)c1cc(-c2ccccc2)nc2c1cnn2C(C)C.Cl.Cl. The average molecular weight is 450 g/mol. The fourth-order valence-electron chi connectivity index (χ4n) is 3.77. The van der Waals surface area contributed by atoms with Gasteiger partial charge in [0.1, 0.15) is 0 Å². The van der Waals surface area contributed by atoms with Gasteiger partial charge in [0.05, 0.1) is 22.8 Å². The highest BCUT2D eigenvalue weighted by Gasteiger charge is 2.25. The third kappa shape index (κ3) is 4.77. The van der Waals surface area contributed by atoms with Gasteiger partial charge < -0.3 is 10.6 Å². The van der Waals surface area contributed by atoms with E-state index < -0.39 is 0 Å². The number of benzene rings is 1. The van der Waals surface area contributed by atoms with Crippen LogP contribution in [0.4, 0.5) is 0 Å². The Morgan fingerprint density at radius 3 is 2.63 bits per heavy atom. The number of nitrogens with one attached hydrogen (secondary N) is 2. The number of hydrogen-bond donors (Lipinski definition) is 2. The molecule has 30 heavy (non-hydrogen) atoms. The number of rotatable bonds is 4. The molecular weight excluding hydrogens is 421 g/mol. The average Bonchev–Trinajstić information content (AvgIpc) is 3.14. The number of amides is 1. The molecule has 3 heterocycles. The number of carbonyl (C=O) groups excluding carboxylic acids is 1. The summed E-state index contributed by atoms with van der Waals surface area (Å²) in [6.45, 7) is 8.14. The molecule has 8 heteroatoms. The summed E-state index contributed by atoms with van der Waals surface area (Å²) in [4.78, 5) is 18.1. The molecular formula is C22H29Cl2N5O. The Morgan fingerprint density at radius 1 is 1.23 bits per heavy atom. The summed E-state index contributed by atoms with van der Waals surface area (Å²) in [6, 6.07) is 12.1. The van der Waals surface area contributed by atoms with Crippen LogP contribution in [-0.2, 0) is 0 Å². The molecule has 1 amide bonds. The summed E-state index contributed by atoms with van der Waals surface area (Å²) in [5.41, 5.74) is 3.16. The van der Waals surface area contributed by atoms with Crippen molar-refractivity contribution in [3.05, 3.63) is 48.2 Å². The zero-order chi connectivity index (χ0) is 19.7. The summed E-state index contributed by atoms with van der Waals surface area (Å²) < 4.78 is 1.88. The third-order valence-corrected chi connectivity index (χ3v) is 5.51. The highest BCUT2D eigenvalue weighted by atomic mass is 35.5. The number of pyridine rings is 1. The molecule has 1 aromatic carbocycles. The summed E-state index contributed by atoms with van der Waals surface area (Å²) in [6.07, 6.45) is 2.83. The van der Waals surface area contributed by atoms with E-state index in [1.165, 1.54) is 0 Å². The van der Waals surface area contributed by atoms with Gasteiger partial charge in [0.15, 0.2) is 5.65 Å². The lowest BCUT2D eigenvalue weighted by molar-refractivity contribution is 0.0917. The van der Waals surface area contributed by atoms with Crippen LogP contribution in [0.1, 0.15) is 43.6 Å². The van der Waals surface area contributed by atoms with E-state index in [2.05, 4.69) is 36.5 Å². The molecule has 0 bridgehead atoms. The molecule has 0 radical (unpaired) electrons.